The van der Waals surface area contributed by atoms with Crippen LogP contribution in [0.1, 0.15) is 30.6 Å². The van der Waals surface area contributed by atoms with Gasteiger partial charge in [-0.15, -0.1) is 0 Å². The molecule has 0 radical (unpaired) electrons. The molecule has 0 saturated heterocycles. The Kier molecular flexibility index (Phi) is 5.30. The minimum absolute atomic E-state index is 0.0610. The first-order valence-electron chi connectivity index (χ1n) is 6.21. The summed E-state index contributed by atoms with van der Waals surface area (Å²) in [5.41, 5.74) is 5.83. The van der Waals surface area contributed by atoms with E-state index >= 15 is 0 Å². The van der Waals surface area contributed by atoms with Gasteiger partial charge in [-0.2, -0.15) is 0 Å². The number of amides is 1. The molecule has 106 valence electrons. The average Bonchev–Trinajstić information content (AvgIpc) is 2.36. The Morgan fingerprint density at radius 2 is 2.16 bits per heavy atom. The summed E-state index contributed by atoms with van der Waals surface area (Å²) in [5, 5.41) is 2.82. The number of carbonyl (C=O) groups is 1. The van der Waals surface area contributed by atoms with Gasteiger partial charge in [-0.25, -0.2) is 4.39 Å². The molecule has 1 amide bonds. The molecule has 0 atom stereocenters. The molecule has 0 saturated carbocycles. The van der Waals surface area contributed by atoms with E-state index in [0.717, 1.165) is 6.42 Å². The van der Waals surface area contributed by atoms with E-state index in [9.17, 15) is 9.18 Å². The second-order valence-corrected chi connectivity index (χ2v) is 5.23. The zero-order valence-electron chi connectivity index (χ0n) is 11.6. The minimum atomic E-state index is -0.484. The third kappa shape index (κ3) is 4.52. The van der Waals surface area contributed by atoms with Crippen LogP contribution in [0.2, 0.25) is 0 Å². The summed E-state index contributed by atoms with van der Waals surface area (Å²) in [7, 11) is 1.37. The fourth-order valence-electron chi connectivity index (χ4n) is 1.70. The van der Waals surface area contributed by atoms with Gasteiger partial charge in [0.1, 0.15) is 0 Å². The minimum Gasteiger partial charge on any atom is -0.494 e. The van der Waals surface area contributed by atoms with Crippen LogP contribution in [0.15, 0.2) is 18.2 Å². The highest BCUT2D eigenvalue weighted by molar-refractivity contribution is 5.94. The van der Waals surface area contributed by atoms with Crippen molar-refractivity contribution in [2.75, 3.05) is 20.2 Å². The molecule has 19 heavy (non-hydrogen) atoms. The van der Waals surface area contributed by atoms with Gasteiger partial charge in [0.15, 0.2) is 11.6 Å². The molecular formula is C14H21FN2O2. The predicted octanol–water partition coefficient (Wildman–Crippen LogP) is 1.94. The van der Waals surface area contributed by atoms with Crippen molar-refractivity contribution in [2.24, 2.45) is 11.1 Å². The van der Waals surface area contributed by atoms with Crippen LogP contribution in [0.25, 0.3) is 0 Å². The van der Waals surface area contributed by atoms with E-state index in [2.05, 4.69) is 5.32 Å². The highest BCUT2D eigenvalue weighted by Crippen LogP contribution is 2.20. The third-order valence-corrected chi connectivity index (χ3v) is 2.96. The van der Waals surface area contributed by atoms with Gasteiger partial charge in [-0.1, -0.05) is 13.8 Å². The Labute approximate surface area is 113 Å². The SMILES string of the molecule is COc1cc(C(=O)NCC(C)(C)CCN)ccc1F. The maximum atomic E-state index is 13.2. The summed E-state index contributed by atoms with van der Waals surface area (Å²) in [6, 6.07) is 4.04. The van der Waals surface area contributed by atoms with Gasteiger partial charge in [0, 0.05) is 12.1 Å². The number of nitrogens with one attached hydrogen (secondary N) is 1. The summed E-state index contributed by atoms with van der Waals surface area (Å²) >= 11 is 0. The van der Waals surface area contributed by atoms with Crippen LogP contribution in [0.5, 0.6) is 5.75 Å². The van der Waals surface area contributed by atoms with Crippen molar-refractivity contribution in [3.05, 3.63) is 29.6 Å². The summed E-state index contributed by atoms with van der Waals surface area (Å²) in [4.78, 5) is 12.0. The molecule has 3 N–H and O–H groups in total. The van der Waals surface area contributed by atoms with Gasteiger partial charge < -0.3 is 15.8 Å². The Hall–Kier alpha value is -1.62. The molecule has 1 rings (SSSR count). The molecule has 0 bridgehead atoms. The zero-order valence-corrected chi connectivity index (χ0v) is 11.6. The molecule has 0 aliphatic rings. The highest BCUT2D eigenvalue weighted by atomic mass is 19.1. The fourth-order valence-corrected chi connectivity index (χ4v) is 1.70. The molecule has 0 fully saturated rings. The number of ether oxygens (including phenoxy) is 1. The molecule has 0 aliphatic heterocycles. The number of nitrogens with two attached hydrogens (primary N) is 1. The molecule has 5 heteroatoms. The van der Waals surface area contributed by atoms with E-state index in [4.69, 9.17) is 10.5 Å². The molecule has 4 nitrogen and oxygen atoms in total. The van der Waals surface area contributed by atoms with E-state index in [-0.39, 0.29) is 17.1 Å². The Morgan fingerprint density at radius 3 is 2.74 bits per heavy atom. The van der Waals surface area contributed by atoms with Gasteiger partial charge in [0.2, 0.25) is 0 Å². The fraction of sp³-hybridized carbons (Fsp3) is 0.500. The van der Waals surface area contributed by atoms with Crippen molar-refractivity contribution < 1.29 is 13.9 Å². The van der Waals surface area contributed by atoms with Crippen molar-refractivity contribution in [1.82, 2.24) is 5.32 Å². The molecule has 0 heterocycles. The number of rotatable bonds is 6. The van der Waals surface area contributed by atoms with Gasteiger partial charge >= 0.3 is 0 Å². The van der Waals surface area contributed by atoms with Crippen molar-refractivity contribution in [3.8, 4) is 5.75 Å². The lowest BCUT2D eigenvalue weighted by Crippen LogP contribution is -2.35. The number of hydrogen-bond donors (Lipinski definition) is 2. The zero-order chi connectivity index (χ0) is 14.5. The largest absolute Gasteiger partial charge is 0.494 e. The molecular weight excluding hydrogens is 247 g/mol. The lowest BCUT2D eigenvalue weighted by atomic mass is 9.89. The number of carbonyl (C=O) groups excluding carboxylic acids is 1. The number of hydrogen-bond acceptors (Lipinski definition) is 3. The quantitative estimate of drug-likeness (QED) is 0.828. The van der Waals surface area contributed by atoms with Gasteiger partial charge in [0.05, 0.1) is 7.11 Å². The smallest absolute Gasteiger partial charge is 0.251 e. The molecule has 0 aliphatic carbocycles. The number of benzene rings is 1. The molecule has 1 aromatic carbocycles. The van der Waals surface area contributed by atoms with Crippen molar-refractivity contribution in [3.63, 3.8) is 0 Å². The van der Waals surface area contributed by atoms with Gasteiger partial charge in [0.25, 0.3) is 5.91 Å². The highest BCUT2D eigenvalue weighted by Gasteiger charge is 2.18. The van der Waals surface area contributed by atoms with Crippen molar-refractivity contribution in [1.29, 1.82) is 0 Å². The Balaban J connectivity index is 2.68. The molecule has 0 aromatic heterocycles. The first-order valence-corrected chi connectivity index (χ1v) is 6.21. The van der Waals surface area contributed by atoms with E-state index < -0.39 is 5.82 Å². The van der Waals surface area contributed by atoms with E-state index in [1.54, 1.807) is 0 Å². The maximum absolute atomic E-state index is 13.2. The second kappa shape index (κ2) is 6.52. The predicted molar refractivity (Wildman–Crippen MR) is 72.7 cm³/mol. The van der Waals surface area contributed by atoms with Crippen LogP contribution in [-0.2, 0) is 0 Å². The Bertz CT molecular complexity index is 447. The van der Waals surface area contributed by atoms with Crippen LogP contribution in [-0.4, -0.2) is 26.1 Å². The average molecular weight is 268 g/mol. The lowest BCUT2D eigenvalue weighted by molar-refractivity contribution is 0.0934. The van der Waals surface area contributed by atoms with Gasteiger partial charge in [-0.05, 0) is 36.6 Å². The standard InChI is InChI=1S/C14H21FN2O2/c1-14(2,6-7-16)9-17-13(18)10-4-5-11(15)12(8-10)19-3/h4-5,8H,6-7,9,16H2,1-3H3,(H,17,18). The summed E-state index contributed by atoms with van der Waals surface area (Å²) in [6.45, 7) is 5.16. The van der Waals surface area contributed by atoms with Crippen LogP contribution < -0.4 is 15.8 Å². The van der Waals surface area contributed by atoms with Crippen molar-refractivity contribution in [2.45, 2.75) is 20.3 Å². The molecule has 0 unspecified atom stereocenters. The normalized spacial score (nSPS) is 11.2. The monoisotopic (exact) mass is 268 g/mol. The lowest BCUT2D eigenvalue weighted by Gasteiger charge is -2.24. The topological polar surface area (TPSA) is 64.3 Å². The summed E-state index contributed by atoms with van der Waals surface area (Å²) < 4.78 is 18.1. The van der Waals surface area contributed by atoms with Crippen LogP contribution >= 0.6 is 0 Å². The van der Waals surface area contributed by atoms with Crippen molar-refractivity contribution >= 4 is 5.91 Å². The van der Waals surface area contributed by atoms with E-state index in [1.807, 2.05) is 13.8 Å². The van der Waals surface area contributed by atoms with E-state index in [0.29, 0.717) is 18.7 Å². The maximum Gasteiger partial charge on any atom is 0.251 e. The molecule has 0 spiro atoms. The van der Waals surface area contributed by atoms with Crippen LogP contribution in [0, 0.1) is 11.2 Å². The van der Waals surface area contributed by atoms with Crippen LogP contribution in [0.3, 0.4) is 0 Å². The number of methoxy groups -OCH3 is 1. The Morgan fingerprint density at radius 1 is 1.47 bits per heavy atom. The second-order valence-electron chi connectivity index (χ2n) is 5.23. The number of halogens is 1. The first kappa shape index (κ1) is 15.4. The first-order chi connectivity index (χ1) is 8.89. The van der Waals surface area contributed by atoms with E-state index in [1.165, 1.54) is 25.3 Å². The third-order valence-electron chi connectivity index (χ3n) is 2.96. The molecule has 1 aromatic rings. The summed E-state index contributed by atoms with van der Waals surface area (Å²) in [6.07, 6.45) is 0.819. The van der Waals surface area contributed by atoms with Gasteiger partial charge in [-0.3, -0.25) is 4.79 Å². The van der Waals surface area contributed by atoms with Crippen LogP contribution in [0.4, 0.5) is 4.39 Å². The summed E-state index contributed by atoms with van der Waals surface area (Å²) in [5.74, 6) is -0.667.